The van der Waals surface area contributed by atoms with Crippen LogP contribution in [0.5, 0.6) is 0 Å². The van der Waals surface area contributed by atoms with Crippen LogP contribution in [0.2, 0.25) is 0 Å². The Hall–Kier alpha value is -1.83. The van der Waals surface area contributed by atoms with E-state index in [4.69, 9.17) is 4.42 Å². The first-order valence-electron chi connectivity index (χ1n) is 4.40. The summed E-state index contributed by atoms with van der Waals surface area (Å²) in [5, 5.41) is 0. The second-order valence-electron chi connectivity index (χ2n) is 2.60. The van der Waals surface area contributed by atoms with E-state index in [9.17, 15) is 0 Å². The minimum Gasteiger partial charge on any atom is -0.463 e. The van der Waals surface area contributed by atoms with E-state index in [1.54, 1.807) is 18.6 Å². The molecule has 14 heavy (non-hydrogen) atoms. The number of nitrogens with zero attached hydrogens (tertiary/aromatic N) is 1. The number of hydrogen-bond acceptors (Lipinski definition) is 2. The van der Waals surface area contributed by atoms with Gasteiger partial charge in [-0.25, -0.2) is 0 Å². The van der Waals surface area contributed by atoms with E-state index in [2.05, 4.69) is 11.6 Å². The second kappa shape index (κ2) is 5.75. The molecule has 0 atom stereocenters. The Morgan fingerprint density at radius 2 is 2.43 bits per heavy atom. The van der Waals surface area contributed by atoms with Crippen LogP contribution in [0.4, 0.5) is 0 Å². The van der Waals surface area contributed by atoms with Crippen LogP contribution in [0.15, 0.2) is 64.4 Å². The van der Waals surface area contributed by atoms with Gasteiger partial charge in [0.15, 0.2) is 0 Å². The number of rotatable bonds is 4. The number of hydrogen-bond donors (Lipinski definition) is 0. The first-order valence-corrected chi connectivity index (χ1v) is 4.40. The lowest BCUT2D eigenvalue weighted by atomic mass is 10.3. The lowest BCUT2D eigenvalue weighted by Crippen LogP contribution is -1.77. The van der Waals surface area contributed by atoms with Gasteiger partial charge in [-0.3, -0.25) is 4.99 Å². The quantitative estimate of drug-likeness (QED) is 0.524. The average molecular weight is 187 g/mol. The highest BCUT2D eigenvalue weighted by atomic mass is 16.3. The highest BCUT2D eigenvalue weighted by Gasteiger charge is 1.88. The van der Waals surface area contributed by atoms with Gasteiger partial charge in [-0.05, 0) is 31.2 Å². The van der Waals surface area contributed by atoms with Gasteiger partial charge in [0.2, 0.25) is 0 Å². The summed E-state index contributed by atoms with van der Waals surface area (Å²) in [7, 11) is 0. The van der Waals surface area contributed by atoms with Crippen molar-refractivity contribution in [1.29, 1.82) is 0 Å². The summed E-state index contributed by atoms with van der Waals surface area (Å²) in [5.74, 6) is 0.740. The lowest BCUT2D eigenvalue weighted by Gasteiger charge is -1.90. The molecule has 0 N–H and O–H groups in total. The molecule has 0 unspecified atom stereocenters. The molecule has 0 aliphatic rings. The first-order chi connectivity index (χ1) is 6.86. The largest absolute Gasteiger partial charge is 0.463 e. The summed E-state index contributed by atoms with van der Waals surface area (Å²) >= 11 is 0. The van der Waals surface area contributed by atoms with Crippen molar-refractivity contribution in [3.05, 3.63) is 60.7 Å². The topological polar surface area (TPSA) is 25.5 Å². The standard InChI is InChI=1S/C12H13NO/c1-3-6-11(7-4-2)13-10-12-8-5-9-14-12/h3-10H,1H2,2H3/b7-4-,11-6+,13-10?. The van der Waals surface area contributed by atoms with Gasteiger partial charge >= 0.3 is 0 Å². The molecule has 2 nitrogen and oxygen atoms in total. The first kappa shape index (κ1) is 10.3. The van der Waals surface area contributed by atoms with Crippen molar-refractivity contribution in [1.82, 2.24) is 0 Å². The van der Waals surface area contributed by atoms with E-state index in [-0.39, 0.29) is 0 Å². The van der Waals surface area contributed by atoms with Crippen molar-refractivity contribution in [3.8, 4) is 0 Å². The zero-order valence-corrected chi connectivity index (χ0v) is 8.18. The maximum absolute atomic E-state index is 5.11. The van der Waals surface area contributed by atoms with E-state index >= 15 is 0 Å². The van der Waals surface area contributed by atoms with E-state index in [1.165, 1.54) is 0 Å². The molecule has 0 radical (unpaired) electrons. The molecule has 0 aliphatic heterocycles. The van der Waals surface area contributed by atoms with Crippen LogP contribution in [0, 0.1) is 0 Å². The van der Waals surface area contributed by atoms with Crippen LogP contribution in [0.25, 0.3) is 0 Å². The van der Waals surface area contributed by atoms with Crippen LogP contribution in [0.1, 0.15) is 12.7 Å². The Bertz CT molecular complexity index is 356. The van der Waals surface area contributed by atoms with Crippen molar-refractivity contribution in [2.24, 2.45) is 4.99 Å². The summed E-state index contributed by atoms with van der Waals surface area (Å²) in [6.45, 7) is 5.56. The Labute approximate surface area is 84.0 Å². The fraction of sp³-hybridized carbons (Fsp3) is 0.0833. The van der Waals surface area contributed by atoms with Gasteiger partial charge < -0.3 is 4.42 Å². The Balaban J connectivity index is 2.74. The van der Waals surface area contributed by atoms with Gasteiger partial charge in [0.05, 0.1) is 18.2 Å². The third kappa shape index (κ3) is 3.27. The Morgan fingerprint density at radius 1 is 1.57 bits per heavy atom. The molecular weight excluding hydrogens is 174 g/mol. The molecule has 0 saturated heterocycles. The predicted molar refractivity (Wildman–Crippen MR) is 59.4 cm³/mol. The van der Waals surface area contributed by atoms with Crippen molar-refractivity contribution in [2.45, 2.75) is 6.92 Å². The van der Waals surface area contributed by atoms with Gasteiger partial charge in [0.1, 0.15) is 5.76 Å². The van der Waals surface area contributed by atoms with Crippen molar-refractivity contribution < 1.29 is 4.42 Å². The monoisotopic (exact) mass is 187 g/mol. The van der Waals surface area contributed by atoms with Crippen LogP contribution >= 0.6 is 0 Å². The van der Waals surface area contributed by atoms with Crippen molar-refractivity contribution >= 4 is 6.21 Å². The molecule has 0 aliphatic carbocycles. The van der Waals surface area contributed by atoms with Crippen LogP contribution in [-0.4, -0.2) is 6.21 Å². The van der Waals surface area contributed by atoms with E-state index in [1.807, 2.05) is 37.3 Å². The minimum absolute atomic E-state index is 0.740. The molecule has 0 fully saturated rings. The van der Waals surface area contributed by atoms with Crippen LogP contribution in [-0.2, 0) is 0 Å². The average Bonchev–Trinajstić information content (AvgIpc) is 2.67. The maximum atomic E-state index is 5.11. The van der Waals surface area contributed by atoms with Gasteiger partial charge in [-0.2, -0.15) is 0 Å². The number of furan rings is 1. The van der Waals surface area contributed by atoms with Crippen LogP contribution in [0.3, 0.4) is 0 Å². The highest BCUT2D eigenvalue weighted by Crippen LogP contribution is 2.02. The number of aliphatic imine (C=N–C) groups is 1. The summed E-state index contributed by atoms with van der Waals surface area (Å²) in [4.78, 5) is 4.23. The van der Waals surface area contributed by atoms with Gasteiger partial charge in [-0.1, -0.05) is 18.7 Å². The SMILES string of the molecule is C=C/C=C(\C=C/C)N=Cc1ccco1. The molecule has 72 valence electrons. The molecule has 0 bridgehead atoms. The fourth-order valence-electron chi connectivity index (χ4n) is 0.936. The molecule has 0 spiro atoms. The highest BCUT2D eigenvalue weighted by molar-refractivity contribution is 5.76. The Kier molecular flexibility index (Phi) is 4.21. The molecule has 1 rings (SSSR count). The molecule has 0 amide bonds. The van der Waals surface area contributed by atoms with Gasteiger partial charge in [0.25, 0.3) is 0 Å². The van der Waals surface area contributed by atoms with E-state index in [0.717, 1.165) is 11.5 Å². The maximum Gasteiger partial charge on any atom is 0.144 e. The van der Waals surface area contributed by atoms with Crippen molar-refractivity contribution in [3.63, 3.8) is 0 Å². The molecule has 2 heteroatoms. The van der Waals surface area contributed by atoms with Crippen molar-refractivity contribution in [2.75, 3.05) is 0 Å². The van der Waals surface area contributed by atoms with E-state index < -0.39 is 0 Å². The molecule has 0 aromatic carbocycles. The lowest BCUT2D eigenvalue weighted by molar-refractivity contribution is 0.560. The van der Waals surface area contributed by atoms with Gasteiger partial charge in [0, 0.05) is 0 Å². The summed E-state index contributed by atoms with van der Waals surface area (Å²) < 4.78 is 5.11. The minimum atomic E-state index is 0.740. The third-order valence-electron chi connectivity index (χ3n) is 1.51. The summed E-state index contributed by atoms with van der Waals surface area (Å²) in [5.41, 5.74) is 0.846. The van der Waals surface area contributed by atoms with Gasteiger partial charge in [-0.15, -0.1) is 0 Å². The molecule has 1 aromatic rings. The summed E-state index contributed by atoms with van der Waals surface area (Å²) in [6, 6.07) is 3.68. The normalized spacial score (nSPS) is 12.8. The van der Waals surface area contributed by atoms with E-state index in [0.29, 0.717) is 0 Å². The third-order valence-corrected chi connectivity index (χ3v) is 1.51. The second-order valence-corrected chi connectivity index (χ2v) is 2.60. The zero-order valence-electron chi connectivity index (χ0n) is 8.18. The Morgan fingerprint density at radius 3 is 3.00 bits per heavy atom. The fourth-order valence-corrected chi connectivity index (χ4v) is 0.936. The molecular formula is C12H13NO. The number of allylic oxidation sites excluding steroid dienone is 4. The molecule has 0 saturated carbocycles. The predicted octanol–water partition coefficient (Wildman–Crippen LogP) is 3.34. The van der Waals surface area contributed by atoms with Crippen LogP contribution < -0.4 is 0 Å². The molecule has 1 aromatic heterocycles. The summed E-state index contributed by atoms with van der Waals surface area (Å²) in [6.07, 6.45) is 10.7. The smallest absolute Gasteiger partial charge is 0.144 e. The zero-order chi connectivity index (χ0) is 10.2. The molecule has 1 heterocycles.